The smallest absolute Gasteiger partial charge is 0.119 e. The first-order valence-corrected chi connectivity index (χ1v) is 6.48. The van der Waals surface area contributed by atoms with Gasteiger partial charge in [0.1, 0.15) is 12.1 Å². The molecular weight excluding hydrogens is 257 g/mol. The molecule has 2 aromatic rings. The lowest BCUT2D eigenvalue weighted by molar-refractivity contribution is 0.392. The van der Waals surface area contributed by atoms with Gasteiger partial charge in [-0.05, 0) is 48.5 Å². The summed E-state index contributed by atoms with van der Waals surface area (Å²) >= 11 is 0. The van der Waals surface area contributed by atoms with E-state index in [1.807, 2.05) is 24.3 Å². The molecule has 19 heavy (non-hydrogen) atoms. The number of ether oxygens (including phenoxy) is 1. The van der Waals surface area contributed by atoms with E-state index in [-0.39, 0.29) is 0 Å². The van der Waals surface area contributed by atoms with E-state index in [1.165, 1.54) is 0 Å². The molecule has 2 rings (SSSR count). The normalized spacial score (nSPS) is 10.3. The van der Waals surface area contributed by atoms with Gasteiger partial charge in [-0.3, -0.25) is 0 Å². The highest BCUT2D eigenvalue weighted by Gasteiger charge is 1.94. The van der Waals surface area contributed by atoms with Crippen LogP contribution in [0.25, 0.3) is 0 Å². The summed E-state index contributed by atoms with van der Waals surface area (Å²) in [7, 11) is 2.50. The highest BCUT2D eigenvalue weighted by Crippen LogP contribution is 2.21. The van der Waals surface area contributed by atoms with Gasteiger partial charge in [0.25, 0.3) is 0 Å². The third-order valence-electron chi connectivity index (χ3n) is 2.36. The largest absolute Gasteiger partial charge is 0.490 e. The second-order valence-electron chi connectivity index (χ2n) is 3.66. The fourth-order valence-electron chi connectivity index (χ4n) is 1.42. The molecule has 0 aliphatic heterocycles. The van der Waals surface area contributed by atoms with Crippen LogP contribution in [-0.4, -0.2) is 6.35 Å². The number of azo groups is 1. The number of nitriles is 1. The van der Waals surface area contributed by atoms with Crippen LogP contribution in [0.2, 0.25) is 0 Å². The van der Waals surface area contributed by atoms with E-state index in [2.05, 4.69) is 25.5 Å². The zero-order valence-electron chi connectivity index (χ0n) is 10.2. The Hall–Kier alpha value is -2.24. The summed E-state index contributed by atoms with van der Waals surface area (Å²) in [6.45, 7) is 0. The summed E-state index contributed by atoms with van der Waals surface area (Å²) in [6.07, 6.45) is 0.562. The summed E-state index contributed by atoms with van der Waals surface area (Å²) in [4.78, 5) is 0. The summed E-state index contributed by atoms with van der Waals surface area (Å²) in [5.74, 6) is 0.798. The molecule has 0 bridgehead atoms. The molecule has 0 amide bonds. The van der Waals surface area contributed by atoms with Crippen LogP contribution in [0.4, 0.5) is 11.4 Å². The first-order chi connectivity index (χ1) is 9.31. The highest BCUT2D eigenvalue weighted by atomic mass is 31.0. The van der Waals surface area contributed by atoms with E-state index in [4.69, 9.17) is 10.00 Å². The number of nitrogens with zero attached hydrogens (tertiary/aromatic N) is 3. The highest BCUT2D eigenvalue weighted by molar-refractivity contribution is 7.16. The van der Waals surface area contributed by atoms with E-state index in [0.29, 0.717) is 17.6 Å². The Bertz CT molecular complexity index is 600. The summed E-state index contributed by atoms with van der Waals surface area (Å²) in [5.41, 5.74) is 2.07. The van der Waals surface area contributed by atoms with Crippen molar-refractivity contribution in [3.05, 3.63) is 54.1 Å². The molecule has 0 saturated carbocycles. The Morgan fingerprint density at radius 3 is 1.95 bits per heavy atom. The molecule has 1 atom stereocenters. The van der Waals surface area contributed by atoms with Crippen LogP contribution < -0.4 is 4.74 Å². The van der Waals surface area contributed by atoms with Gasteiger partial charge in [-0.2, -0.15) is 15.5 Å². The standard InChI is InChI=1S/C14H12N3OP/c15-9-11-1-3-12(4-2-11)16-17-13-5-7-14(8-6-13)18-10-19/h1-8H,10,19H2. The summed E-state index contributed by atoms with van der Waals surface area (Å²) < 4.78 is 5.31. The van der Waals surface area contributed by atoms with Gasteiger partial charge in [-0.25, -0.2) is 0 Å². The van der Waals surface area contributed by atoms with E-state index in [0.717, 1.165) is 11.4 Å². The van der Waals surface area contributed by atoms with Gasteiger partial charge in [0, 0.05) is 0 Å². The van der Waals surface area contributed by atoms with Crippen LogP contribution in [0.15, 0.2) is 58.8 Å². The van der Waals surface area contributed by atoms with Gasteiger partial charge in [0.2, 0.25) is 0 Å². The van der Waals surface area contributed by atoms with Crippen molar-refractivity contribution >= 4 is 20.6 Å². The molecule has 2 aromatic carbocycles. The lowest BCUT2D eigenvalue weighted by atomic mass is 10.2. The molecule has 0 heterocycles. The minimum absolute atomic E-state index is 0.562. The van der Waals surface area contributed by atoms with Crippen LogP contribution >= 0.6 is 9.24 Å². The van der Waals surface area contributed by atoms with Crippen molar-refractivity contribution in [3.8, 4) is 11.8 Å². The zero-order valence-corrected chi connectivity index (χ0v) is 11.3. The quantitative estimate of drug-likeness (QED) is 0.617. The monoisotopic (exact) mass is 269 g/mol. The molecule has 0 aliphatic carbocycles. The van der Waals surface area contributed by atoms with Gasteiger partial charge in [-0.15, -0.1) is 0 Å². The third-order valence-corrected chi connectivity index (χ3v) is 2.53. The van der Waals surface area contributed by atoms with E-state index < -0.39 is 0 Å². The fourth-order valence-corrected chi connectivity index (χ4v) is 1.62. The fraction of sp³-hybridized carbons (Fsp3) is 0.0714. The Morgan fingerprint density at radius 2 is 1.47 bits per heavy atom. The molecular formula is C14H12N3OP. The average molecular weight is 269 g/mol. The summed E-state index contributed by atoms with van der Waals surface area (Å²) in [6, 6.07) is 16.4. The van der Waals surface area contributed by atoms with Crippen molar-refractivity contribution in [2.24, 2.45) is 10.2 Å². The second kappa shape index (κ2) is 6.63. The maximum atomic E-state index is 8.69. The topological polar surface area (TPSA) is 57.7 Å². The van der Waals surface area contributed by atoms with Crippen molar-refractivity contribution in [3.63, 3.8) is 0 Å². The molecule has 0 aromatic heterocycles. The molecule has 0 spiro atoms. The number of hydrogen-bond acceptors (Lipinski definition) is 4. The lowest BCUT2D eigenvalue weighted by Gasteiger charge is -2.01. The van der Waals surface area contributed by atoms with Crippen molar-refractivity contribution in [2.45, 2.75) is 0 Å². The van der Waals surface area contributed by atoms with Crippen molar-refractivity contribution in [1.29, 1.82) is 5.26 Å². The molecule has 0 aliphatic rings. The van der Waals surface area contributed by atoms with E-state index in [9.17, 15) is 0 Å². The van der Waals surface area contributed by atoms with E-state index >= 15 is 0 Å². The van der Waals surface area contributed by atoms with Gasteiger partial charge >= 0.3 is 0 Å². The minimum atomic E-state index is 0.562. The average Bonchev–Trinajstić information content (AvgIpc) is 2.47. The van der Waals surface area contributed by atoms with Gasteiger partial charge in [0.15, 0.2) is 0 Å². The molecule has 5 heteroatoms. The molecule has 4 nitrogen and oxygen atoms in total. The number of rotatable bonds is 4. The molecule has 94 valence electrons. The van der Waals surface area contributed by atoms with Crippen LogP contribution in [0.5, 0.6) is 5.75 Å². The predicted octanol–water partition coefficient (Wildman–Crippen LogP) is 4.19. The van der Waals surface area contributed by atoms with Crippen LogP contribution in [0, 0.1) is 11.3 Å². The van der Waals surface area contributed by atoms with Crippen molar-refractivity contribution < 1.29 is 4.74 Å². The molecule has 0 radical (unpaired) electrons. The number of hydrogen-bond donors (Lipinski definition) is 0. The Balaban J connectivity index is 2.07. The lowest BCUT2D eigenvalue weighted by Crippen LogP contribution is -1.86. The number of benzene rings is 2. The predicted molar refractivity (Wildman–Crippen MR) is 77.0 cm³/mol. The maximum absolute atomic E-state index is 8.69. The SMILES string of the molecule is N#Cc1ccc(N=Nc2ccc(OCP)cc2)cc1. The Kier molecular flexibility index (Phi) is 4.60. The van der Waals surface area contributed by atoms with Crippen LogP contribution in [0.3, 0.4) is 0 Å². The van der Waals surface area contributed by atoms with E-state index in [1.54, 1.807) is 24.3 Å². The molecule has 0 fully saturated rings. The molecule has 0 N–H and O–H groups in total. The Morgan fingerprint density at radius 1 is 0.947 bits per heavy atom. The minimum Gasteiger partial charge on any atom is -0.490 e. The second-order valence-corrected chi connectivity index (χ2v) is 4.00. The first kappa shape index (κ1) is 13.2. The van der Waals surface area contributed by atoms with Crippen molar-refractivity contribution in [1.82, 2.24) is 0 Å². The van der Waals surface area contributed by atoms with Gasteiger partial charge < -0.3 is 4.74 Å². The Labute approximate surface area is 114 Å². The zero-order chi connectivity index (χ0) is 13.5. The third kappa shape index (κ3) is 3.87. The van der Waals surface area contributed by atoms with Gasteiger partial charge in [0.05, 0.1) is 23.0 Å². The maximum Gasteiger partial charge on any atom is 0.119 e. The summed E-state index contributed by atoms with van der Waals surface area (Å²) in [5, 5.41) is 16.9. The molecule has 1 unspecified atom stereocenters. The van der Waals surface area contributed by atoms with Crippen LogP contribution in [0.1, 0.15) is 5.56 Å². The molecule has 0 saturated heterocycles. The first-order valence-electron chi connectivity index (χ1n) is 5.66. The van der Waals surface area contributed by atoms with Crippen molar-refractivity contribution in [2.75, 3.05) is 6.35 Å². The van der Waals surface area contributed by atoms with Crippen LogP contribution in [-0.2, 0) is 0 Å². The van der Waals surface area contributed by atoms with Gasteiger partial charge in [-0.1, -0.05) is 9.24 Å².